The summed E-state index contributed by atoms with van der Waals surface area (Å²) in [6, 6.07) is 8.75. The zero-order valence-electron chi connectivity index (χ0n) is 11.6. The van der Waals surface area contributed by atoms with Gasteiger partial charge in [-0.2, -0.15) is 0 Å². The molecule has 3 rings (SSSR count). The molecule has 0 spiro atoms. The van der Waals surface area contributed by atoms with Crippen LogP contribution in [-0.4, -0.2) is 15.6 Å². The van der Waals surface area contributed by atoms with Crippen molar-refractivity contribution in [2.24, 2.45) is 5.73 Å². The molecular weight excluding hydrogens is 266 g/mol. The number of nitrogens with two attached hydrogens (primary N) is 1. The number of hydrogen-bond donors (Lipinski definition) is 1. The van der Waals surface area contributed by atoms with Crippen LogP contribution in [0.5, 0.6) is 0 Å². The lowest BCUT2D eigenvalue weighted by Gasteiger charge is -2.05. The number of aromatic nitrogens is 2. The molecule has 2 N–H and O–H groups in total. The zero-order valence-corrected chi connectivity index (χ0v) is 12.4. The molecule has 0 aliphatic carbocycles. The van der Waals surface area contributed by atoms with Crippen molar-refractivity contribution in [3.05, 3.63) is 53.4 Å². The van der Waals surface area contributed by atoms with Crippen molar-refractivity contribution in [1.82, 2.24) is 9.55 Å². The highest BCUT2D eigenvalue weighted by molar-refractivity contribution is 7.17. The summed E-state index contributed by atoms with van der Waals surface area (Å²) >= 11 is 1.80. The molecule has 104 valence electrons. The summed E-state index contributed by atoms with van der Waals surface area (Å²) in [4.78, 5) is 4.45. The molecule has 0 amide bonds. The predicted molar refractivity (Wildman–Crippen MR) is 85.1 cm³/mol. The van der Waals surface area contributed by atoms with Crippen molar-refractivity contribution in [3.8, 4) is 0 Å². The first-order chi connectivity index (χ1) is 9.76. The number of fused-ring (bicyclic) bond motifs is 1. The molecule has 2 aromatic heterocycles. The molecule has 0 saturated carbocycles. The Kier molecular flexibility index (Phi) is 3.85. The standard InChI is InChI=1S/C16H19N3S/c1-2-13(17)7-14-9-19(11-18-14)8-12-10-20-16-6-4-3-5-15(12)16/h3-6,9-11,13H,2,7-8,17H2,1H3. The summed E-state index contributed by atoms with van der Waals surface area (Å²) in [6.45, 7) is 2.98. The molecule has 20 heavy (non-hydrogen) atoms. The number of imidazole rings is 1. The molecule has 1 aromatic carbocycles. The maximum absolute atomic E-state index is 5.98. The van der Waals surface area contributed by atoms with E-state index in [-0.39, 0.29) is 6.04 Å². The Labute approximate surface area is 123 Å². The van der Waals surface area contributed by atoms with Crippen LogP contribution in [-0.2, 0) is 13.0 Å². The van der Waals surface area contributed by atoms with E-state index in [0.717, 1.165) is 25.1 Å². The lowest BCUT2D eigenvalue weighted by Crippen LogP contribution is -2.21. The number of hydrogen-bond acceptors (Lipinski definition) is 3. The van der Waals surface area contributed by atoms with Crippen molar-refractivity contribution in [1.29, 1.82) is 0 Å². The van der Waals surface area contributed by atoms with E-state index in [1.165, 1.54) is 15.6 Å². The summed E-state index contributed by atoms with van der Waals surface area (Å²) < 4.78 is 3.49. The SMILES string of the molecule is CCC(N)Cc1cn(Cc2csc3ccccc23)cn1. The van der Waals surface area contributed by atoms with Gasteiger partial charge in [0, 0.05) is 29.9 Å². The minimum atomic E-state index is 0.209. The second-order valence-corrected chi connectivity index (χ2v) is 6.08. The fourth-order valence-corrected chi connectivity index (χ4v) is 3.32. The van der Waals surface area contributed by atoms with E-state index in [0.29, 0.717) is 0 Å². The summed E-state index contributed by atoms with van der Waals surface area (Å²) in [5.41, 5.74) is 8.42. The third-order valence-electron chi connectivity index (χ3n) is 3.60. The highest BCUT2D eigenvalue weighted by Crippen LogP contribution is 2.26. The Morgan fingerprint density at radius 2 is 2.20 bits per heavy atom. The van der Waals surface area contributed by atoms with Gasteiger partial charge in [-0.15, -0.1) is 11.3 Å². The van der Waals surface area contributed by atoms with Crippen LogP contribution in [0.3, 0.4) is 0 Å². The normalized spacial score (nSPS) is 12.9. The van der Waals surface area contributed by atoms with E-state index in [1.54, 1.807) is 11.3 Å². The number of thiophene rings is 1. The Morgan fingerprint density at radius 1 is 1.35 bits per heavy atom. The van der Waals surface area contributed by atoms with E-state index < -0.39 is 0 Å². The van der Waals surface area contributed by atoms with Crippen molar-refractivity contribution in [3.63, 3.8) is 0 Å². The van der Waals surface area contributed by atoms with E-state index in [9.17, 15) is 0 Å². The fraction of sp³-hybridized carbons (Fsp3) is 0.312. The first-order valence-electron chi connectivity index (χ1n) is 6.97. The average molecular weight is 285 g/mol. The summed E-state index contributed by atoms with van der Waals surface area (Å²) in [5.74, 6) is 0. The van der Waals surface area contributed by atoms with Gasteiger partial charge in [-0.1, -0.05) is 25.1 Å². The Morgan fingerprint density at radius 3 is 3.05 bits per heavy atom. The van der Waals surface area contributed by atoms with Gasteiger partial charge in [0.05, 0.1) is 12.0 Å². The maximum atomic E-state index is 5.98. The highest BCUT2D eigenvalue weighted by Gasteiger charge is 2.07. The number of rotatable bonds is 5. The molecule has 0 fully saturated rings. The van der Waals surface area contributed by atoms with Gasteiger partial charge in [-0.05, 0) is 28.8 Å². The molecule has 0 saturated heterocycles. The van der Waals surface area contributed by atoms with Crippen LogP contribution in [0.1, 0.15) is 24.6 Å². The fourth-order valence-electron chi connectivity index (χ4n) is 2.36. The predicted octanol–water partition coefficient (Wildman–Crippen LogP) is 3.43. The van der Waals surface area contributed by atoms with Gasteiger partial charge in [-0.25, -0.2) is 4.98 Å². The van der Waals surface area contributed by atoms with E-state index in [1.807, 2.05) is 6.33 Å². The Balaban J connectivity index is 1.78. The van der Waals surface area contributed by atoms with Crippen LogP contribution in [0.15, 0.2) is 42.2 Å². The molecule has 1 unspecified atom stereocenters. The molecular formula is C16H19N3S. The van der Waals surface area contributed by atoms with Crippen molar-refractivity contribution in [2.75, 3.05) is 0 Å². The van der Waals surface area contributed by atoms with Gasteiger partial charge in [0.15, 0.2) is 0 Å². The van der Waals surface area contributed by atoms with Gasteiger partial charge < -0.3 is 10.3 Å². The molecule has 2 heterocycles. The lowest BCUT2D eigenvalue weighted by atomic mass is 10.1. The van der Waals surface area contributed by atoms with E-state index in [4.69, 9.17) is 5.73 Å². The quantitative estimate of drug-likeness (QED) is 0.780. The van der Waals surface area contributed by atoms with Crippen molar-refractivity contribution >= 4 is 21.4 Å². The first-order valence-corrected chi connectivity index (χ1v) is 7.85. The highest BCUT2D eigenvalue weighted by atomic mass is 32.1. The third-order valence-corrected chi connectivity index (χ3v) is 4.61. The van der Waals surface area contributed by atoms with Crippen LogP contribution in [0.25, 0.3) is 10.1 Å². The molecule has 0 aliphatic rings. The lowest BCUT2D eigenvalue weighted by molar-refractivity contribution is 0.638. The number of benzene rings is 1. The Bertz CT molecular complexity index is 698. The largest absolute Gasteiger partial charge is 0.333 e. The molecule has 0 aliphatic heterocycles. The minimum Gasteiger partial charge on any atom is -0.333 e. The first kappa shape index (κ1) is 13.3. The molecule has 0 radical (unpaired) electrons. The van der Waals surface area contributed by atoms with Crippen LogP contribution in [0, 0.1) is 0 Å². The summed E-state index contributed by atoms with van der Waals surface area (Å²) in [6.07, 6.45) is 5.86. The summed E-state index contributed by atoms with van der Waals surface area (Å²) in [7, 11) is 0. The zero-order chi connectivity index (χ0) is 13.9. The molecule has 4 heteroatoms. The molecule has 0 bridgehead atoms. The second kappa shape index (κ2) is 5.77. The number of nitrogens with zero attached hydrogens (tertiary/aromatic N) is 2. The monoisotopic (exact) mass is 285 g/mol. The van der Waals surface area contributed by atoms with Gasteiger partial charge in [0.1, 0.15) is 0 Å². The molecule has 3 aromatic rings. The average Bonchev–Trinajstić information content (AvgIpc) is 3.07. The van der Waals surface area contributed by atoms with E-state index >= 15 is 0 Å². The van der Waals surface area contributed by atoms with Crippen molar-refractivity contribution in [2.45, 2.75) is 32.4 Å². The molecule has 1 atom stereocenters. The second-order valence-electron chi connectivity index (χ2n) is 5.17. The minimum absolute atomic E-state index is 0.209. The maximum Gasteiger partial charge on any atom is 0.0952 e. The van der Waals surface area contributed by atoms with Crippen LogP contribution < -0.4 is 5.73 Å². The van der Waals surface area contributed by atoms with E-state index in [2.05, 4.69) is 52.3 Å². The van der Waals surface area contributed by atoms with Crippen LogP contribution >= 0.6 is 11.3 Å². The third kappa shape index (κ3) is 2.76. The van der Waals surface area contributed by atoms with Gasteiger partial charge in [-0.3, -0.25) is 0 Å². The van der Waals surface area contributed by atoms with Crippen LogP contribution in [0.4, 0.5) is 0 Å². The smallest absolute Gasteiger partial charge is 0.0952 e. The Hall–Kier alpha value is -1.65. The van der Waals surface area contributed by atoms with Crippen molar-refractivity contribution < 1.29 is 0 Å². The topological polar surface area (TPSA) is 43.8 Å². The molecule has 3 nitrogen and oxygen atoms in total. The summed E-state index contributed by atoms with van der Waals surface area (Å²) in [5, 5.41) is 3.58. The van der Waals surface area contributed by atoms with Gasteiger partial charge in [0.25, 0.3) is 0 Å². The van der Waals surface area contributed by atoms with Gasteiger partial charge >= 0.3 is 0 Å². The van der Waals surface area contributed by atoms with Gasteiger partial charge in [0.2, 0.25) is 0 Å². The van der Waals surface area contributed by atoms with Crippen LogP contribution in [0.2, 0.25) is 0 Å².